The molecule has 0 aliphatic carbocycles. The highest BCUT2D eigenvalue weighted by atomic mass is 16.5. The number of hydrogen-bond donors (Lipinski definition) is 1. The number of nitrogens with zero attached hydrogens (tertiary/aromatic N) is 1. The Hall–Kier alpha value is -3.12. The van der Waals surface area contributed by atoms with Gasteiger partial charge in [-0.05, 0) is 68.5 Å². The fourth-order valence-electron chi connectivity index (χ4n) is 3.53. The molecule has 0 spiro atoms. The maximum Gasteiger partial charge on any atom is 0.278 e. The van der Waals surface area contributed by atoms with E-state index >= 15 is 0 Å². The van der Waals surface area contributed by atoms with Gasteiger partial charge in [0.2, 0.25) is 0 Å². The first-order valence-corrected chi connectivity index (χ1v) is 11.5. The Balaban J connectivity index is 1.95. The predicted molar refractivity (Wildman–Crippen MR) is 131 cm³/mol. The molecule has 1 heterocycles. The van der Waals surface area contributed by atoms with Gasteiger partial charge in [0.1, 0.15) is 11.4 Å². The van der Waals surface area contributed by atoms with Gasteiger partial charge in [-0.1, -0.05) is 38.1 Å². The summed E-state index contributed by atoms with van der Waals surface area (Å²) in [7, 11) is 0. The number of amides is 2. The molecule has 33 heavy (non-hydrogen) atoms. The second kappa shape index (κ2) is 10.7. The number of ether oxygens (including phenoxy) is 2. The first-order chi connectivity index (χ1) is 15.7. The maximum absolute atomic E-state index is 13.4. The summed E-state index contributed by atoms with van der Waals surface area (Å²) in [6.45, 7) is 13.1. The average Bonchev–Trinajstić information content (AvgIpc) is 2.99. The number of benzene rings is 2. The summed E-state index contributed by atoms with van der Waals surface area (Å²) >= 11 is 0. The molecule has 2 amide bonds. The largest absolute Gasteiger partial charge is 0.493 e. The van der Waals surface area contributed by atoms with Gasteiger partial charge in [0, 0.05) is 5.69 Å². The van der Waals surface area contributed by atoms with E-state index in [0.717, 1.165) is 22.6 Å². The van der Waals surface area contributed by atoms with Crippen LogP contribution in [0.15, 0.2) is 48.2 Å². The number of anilines is 1. The molecular formula is C27H34N2O4. The monoisotopic (exact) mass is 450 g/mol. The third-order valence-electron chi connectivity index (χ3n) is 5.31. The number of aryl methyl sites for hydroxylation is 2. The lowest BCUT2D eigenvalue weighted by atomic mass is 10.0. The molecule has 0 saturated heterocycles. The minimum atomic E-state index is -0.344. The van der Waals surface area contributed by atoms with Crippen molar-refractivity contribution in [2.45, 2.75) is 47.6 Å². The number of carbonyl (C=O) groups excluding carboxylic acids is 2. The van der Waals surface area contributed by atoms with Crippen molar-refractivity contribution in [1.82, 2.24) is 4.90 Å². The van der Waals surface area contributed by atoms with Crippen LogP contribution in [0.4, 0.5) is 5.69 Å². The number of imide groups is 1. The normalized spacial score (nSPS) is 14.1. The lowest BCUT2D eigenvalue weighted by Gasteiger charge is -2.17. The van der Waals surface area contributed by atoms with Crippen LogP contribution < -0.4 is 10.1 Å². The SMILES string of the molecule is Cc1ccc(C)c(NC2=C(c3ccc(OCC(C)C)cc3)C(=O)N(CCOC(C)C)C2=O)c1. The van der Waals surface area contributed by atoms with Gasteiger partial charge < -0.3 is 14.8 Å². The lowest BCUT2D eigenvalue weighted by Crippen LogP contribution is -2.35. The van der Waals surface area contributed by atoms with Gasteiger partial charge in [-0.3, -0.25) is 14.5 Å². The molecule has 1 aliphatic rings. The highest BCUT2D eigenvalue weighted by Crippen LogP contribution is 2.32. The van der Waals surface area contributed by atoms with E-state index in [2.05, 4.69) is 19.2 Å². The van der Waals surface area contributed by atoms with Crippen molar-refractivity contribution in [3.63, 3.8) is 0 Å². The van der Waals surface area contributed by atoms with E-state index in [1.54, 1.807) is 0 Å². The minimum absolute atomic E-state index is 0.0242. The summed E-state index contributed by atoms with van der Waals surface area (Å²) < 4.78 is 11.4. The van der Waals surface area contributed by atoms with Crippen LogP contribution in [0.2, 0.25) is 0 Å². The van der Waals surface area contributed by atoms with Crippen LogP contribution in [0, 0.1) is 19.8 Å². The van der Waals surface area contributed by atoms with Gasteiger partial charge in [-0.15, -0.1) is 0 Å². The average molecular weight is 451 g/mol. The van der Waals surface area contributed by atoms with E-state index in [0.29, 0.717) is 30.3 Å². The Labute approximate surface area is 196 Å². The quantitative estimate of drug-likeness (QED) is 0.519. The van der Waals surface area contributed by atoms with Crippen molar-refractivity contribution in [2.75, 3.05) is 25.1 Å². The molecule has 0 saturated carbocycles. The molecule has 0 bridgehead atoms. The van der Waals surface area contributed by atoms with E-state index < -0.39 is 0 Å². The molecule has 1 N–H and O–H groups in total. The number of rotatable bonds is 10. The van der Waals surface area contributed by atoms with Crippen LogP contribution in [-0.2, 0) is 14.3 Å². The number of nitrogens with one attached hydrogen (secondary N) is 1. The second-order valence-electron chi connectivity index (χ2n) is 9.10. The van der Waals surface area contributed by atoms with Crippen molar-refractivity contribution < 1.29 is 19.1 Å². The van der Waals surface area contributed by atoms with E-state index in [-0.39, 0.29) is 30.2 Å². The number of hydrogen-bond acceptors (Lipinski definition) is 5. The third kappa shape index (κ3) is 6.02. The summed E-state index contributed by atoms with van der Waals surface area (Å²) in [5.74, 6) is 0.479. The zero-order valence-electron chi connectivity index (χ0n) is 20.4. The van der Waals surface area contributed by atoms with Gasteiger partial charge in [-0.2, -0.15) is 0 Å². The Bertz CT molecular complexity index is 1040. The molecule has 0 fully saturated rings. The molecule has 0 aromatic heterocycles. The van der Waals surface area contributed by atoms with E-state index in [1.165, 1.54) is 4.90 Å². The van der Waals surface area contributed by atoms with Crippen molar-refractivity contribution in [1.29, 1.82) is 0 Å². The Morgan fingerprint density at radius 1 is 0.939 bits per heavy atom. The predicted octanol–water partition coefficient (Wildman–Crippen LogP) is 4.96. The van der Waals surface area contributed by atoms with Gasteiger partial charge in [0.25, 0.3) is 11.8 Å². The van der Waals surface area contributed by atoms with Crippen LogP contribution in [0.5, 0.6) is 5.75 Å². The summed E-state index contributed by atoms with van der Waals surface area (Å²) in [6.07, 6.45) is 0.0242. The van der Waals surface area contributed by atoms with Crippen LogP contribution in [-0.4, -0.2) is 42.6 Å². The van der Waals surface area contributed by atoms with Gasteiger partial charge in [-0.25, -0.2) is 0 Å². The molecule has 0 atom stereocenters. The summed E-state index contributed by atoms with van der Waals surface area (Å²) in [5.41, 5.74) is 4.18. The van der Waals surface area contributed by atoms with Crippen molar-refractivity contribution >= 4 is 23.1 Å². The van der Waals surface area contributed by atoms with Gasteiger partial charge in [0.05, 0.1) is 31.4 Å². The smallest absolute Gasteiger partial charge is 0.278 e. The van der Waals surface area contributed by atoms with E-state index in [9.17, 15) is 9.59 Å². The van der Waals surface area contributed by atoms with Gasteiger partial charge >= 0.3 is 0 Å². The van der Waals surface area contributed by atoms with Crippen molar-refractivity contribution in [3.05, 3.63) is 64.9 Å². The standard InChI is InChI=1S/C27H34N2O4/c1-17(2)16-33-22-11-9-21(10-12-22)24-25(28-23-15-19(5)7-8-20(23)6)27(31)29(26(24)30)13-14-32-18(3)4/h7-12,15,17-18,28H,13-14,16H2,1-6H3. The van der Waals surface area contributed by atoms with Crippen LogP contribution in [0.1, 0.15) is 44.4 Å². The van der Waals surface area contributed by atoms with Crippen LogP contribution in [0.25, 0.3) is 5.57 Å². The Morgan fingerprint density at radius 3 is 2.27 bits per heavy atom. The summed E-state index contributed by atoms with van der Waals surface area (Å²) in [4.78, 5) is 27.9. The van der Waals surface area contributed by atoms with E-state index in [4.69, 9.17) is 9.47 Å². The highest BCUT2D eigenvalue weighted by molar-refractivity contribution is 6.36. The van der Waals surface area contributed by atoms with Crippen LogP contribution >= 0.6 is 0 Å². The molecule has 2 aromatic rings. The molecule has 6 heteroatoms. The Kier molecular flexibility index (Phi) is 7.92. The first kappa shape index (κ1) is 24.5. The van der Waals surface area contributed by atoms with Crippen molar-refractivity contribution in [2.24, 2.45) is 5.92 Å². The molecule has 0 radical (unpaired) electrons. The summed E-state index contributed by atoms with van der Waals surface area (Å²) in [6, 6.07) is 13.3. The maximum atomic E-state index is 13.4. The molecular weight excluding hydrogens is 416 g/mol. The highest BCUT2D eigenvalue weighted by Gasteiger charge is 2.39. The van der Waals surface area contributed by atoms with Crippen LogP contribution in [0.3, 0.4) is 0 Å². The fraction of sp³-hybridized carbons (Fsp3) is 0.407. The third-order valence-corrected chi connectivity index (χ3v) is 5.31. The Morgan fingerprint density at radius 2 is 1.64 bits per heavy atom. The van der Waals surface area contributed by atoms with Gasteiger partial charge in [0.15, 0.2) is 0 Å². The van der Waals surface area contributed by atoms with Crippen molar-refractivity contribution in [3.8, 4) is 5.75 Å². The number of carbonyl (C=O) groups is 2. The molecule has 2 aromatic carbocycles. The molecule has 0 unspecified atom stereocenters. The van der Waals surface area contributed by atoms with E-state index in [1.807, 2.05) is 70.2 Å². The zero-order valence-corrected chi connectivity index (χ0v) is 20.4. The molecule has 1 aliphatic heterocycles. The first-order valence-electron chi connectivity index (χ1n) is 11.5. The molecule has 176 valence electrons. The zero-order chi connectivity index (χ0) is 24.1. The molecule has 6 nitrogen and oxygen atoms in total. The minimum Gasteiger partial charge on any atom is -0.493 e. The summed E-state index contributed by atoms with van der Waals surface area (Å²) in [5, 5.41) is 3.26. The fourth-order valence-corrected chi connectivity index (χ4v) is 3.53. The topological polar surface area (TPSA) is 67.9 Å². The second-order valence-corrected chi connectivity index (χ2v) is 9.10. The molecule has 3 rings (SSSR count). The lowest BCUT2D eigenvalue weighted by molar-refractivity contribution is -0.137.